The van der Waals surface area contributed by atoms with E-state index in [-0.39, 0.29) is 33.0 Å². The zero-order valence-electron chi connectivity index (χ0n) is 10.9. The van der Waals surface area contributed by atoms with E-state index in [1.165, 1.54) is 0 Å². The smallest absolute Gasteiger partial charge is 0.447 e. The molecule has 0 aliphatic carbocycles. The highest BCUT2D eigenvalue weighted by molar-refractivity contribution is 7.46. The second kappa shape index (κ2) is 12.0. The van der Waals surface area contributed by atoms with Crippen molar-refractivity contribution in [2.24, 2.45) is 5.73 Å². The van der Waals surface area contributed by atoms with Crippen molar-refractivity contribution in [3.05, 3.63) is 0 Å². The number of phosphoric ester groups is 1. The standard InChI is InChI=1S/C9H20NO9P/c10-9(11)18-7-5-16-3-1-15-2-4-17-6-8-19-20(12,13)14/h1-8H2,(H2,10,11)(H2,12,13,14). The Kier molecular flexibility index (Phi) is 11.6. The van der Waals surface area contributed by atoms with Crippen LogP contribution in [0.2, 0.25) is 0 Å². The maximum Gasteiger partial charge on any atom is 0.469 e. The summed E-state index contributed by atoms with van der Waals surface area (Å²) in [4.78, 5) is 26.9. The molecule has 4 N–H and O–H groups in total. The van der Waals surface area contributed by atoms with Crippen molar-refractivity contribution in [1.29, 1.82) is 0 Å². The second-order valence-electron chi connectivity index (χ2n) is 3.33. The maximum absolute atomic E-state index is 10.3. The first-order chi connectivity index (χ1) is 9.42. The third kappa shape index (κ3) is 17.3. The molecule has 0 aromatic rings. The predicted octanol–water partition coefficient (Wildman–Crippen LogP) is -0.759. The first-order valence-corrected chi connectivity index (χ1v) is 7.30. The van der Waals surface area contributed by atoms with E-state index in [0.29, 0.717) is 19.8 Å². The largest absolute Gasteiger partial charge is 0.469 e. The summed E-state index contributed by atoms with van der Waals surface area (Å²) in [5.41, 5.74) is 4.74. The van der Waals surface area contributed by atoms with Gasteiger partial charge in [-0.05, 0) is 0 Å². The molecule has 0 aliphatic heterocycles. The maximum atomic E-state index is 10.3. The van der Waals surface area contributed by atoms with Crippen molar-refractivity contribution in [3.63, 3.8) is 0 Å². The Morgan fingerprint density at radius 1 is 0.850 bits per heavy atom. The minimum Gasteiger partial charge on any atom is -0.447 e. The molecule has 1 amide bonds. The fourth-order valence-electron chi connectivity index (χ4n) is 0.958. The van der Waals surface area contributed by atoms with Crippen LogP contribution in [0.25, 0.3) is 0 Å². The molecule has 0 spiro atoms. The molecule has 0 aromatic carbocycles. The van der Waals surface area contributed by atoms with Crippen LogP contribution in [-0.4, -0.2) is 68.7 Å². The molecule has 120 valence electrons. The molecule has 0 bridgehead atoms. The van der Waals surface area contributed by atoms with Gasteiger partial charge in [0, 0.05) is 0 Å². The summed E-state index contributed by atoms with van der Waals surface area (Å²) in [6.07, 6.45) is -0.843. The number of amides is 1. The van der Waals surface area contributed by atoms with Crippen molar-refractivity contribution >= 4 is 13.9 Å². The zero-order chi connectivity index (χ0) is 15.3. The fourth-order valence-corrected chi connectivity index (χ4v) is 1.27. The van der Waals surface area contributed by atoms with Gasteiger partial charge in [-0.1, -0.05) is 0 Å². The molecule has 0 heterocycles. The Morgan fingerprint density at radius 3 is 1.65 bits per heavy atom. The molecule has 0 radical (unpaired) electrons. The van der Waals surface area contributed by atoms with Gasteiger partial charge in [0.25, 0.3) is 0 Å². The van der Waals surface area contributed by atoms with Crippen molar-refractivity contribution in [3.8, 4) is 0 Å². The number of carbonyl (C=O) groups is 1. The molecule has 0 fully saturated rings. The third-order valence-electron chi connectivity index (χ3n) is 1.70. The van der Waals surface area contributed by atoms with Crippen LogP contribution in [0.5, 0.6) is 0 Å². The number of hydrogen-bond donors (Lipinski definition) is 3. The zero-order valence-corrected chi connectivity index (χ0v) is 11.8. The average Bonchev–Trinajstić information content (AvgIpc) is 2.33. The van der Waals surface area contributed by atoms with Crippen LogP contribution in [0.3, 0.4) is 0 Å². The van der Waals surface area contributed by atoms with Gasteiger partial charge in [-0.25, -0.2) is 9.36 Å². The van der Waals surface area contributed by atoms with Crippen LogP contribution in [-0.2, 0) is 28.0 Å². The Bertz CT molecular complexity index is 295. The highest BCUT2D eigenvalue weighted by Crippen LogP contribution is 2.35. The molecule has 0 saturated heterocycles. The summed E-state index contributed by atoms with van der Waals surface area (Å²) in [5, 5.41) is 0. The normalized spacial score (nSPS) is 11.5. The summed E-state index contributed by atoms with van der Waals surface area (Å²) < 4.78 is 34.1. The lowest BCUT2D eigenvalue weighted by molar-refractivity contribution is 0.00111. The Hall–Kier alpha value is -0.740. The molecule has 0 aromatic heterocycles. The van der Waals surface area contributed by atoms with E-state index in [1.54, 1.807) is 0 Å². The Morgan fingerprint density at radius 2 is 1.25 bits per heavy atom. The summed E-state index contributed by atoms with van der Waals surface area (Å²) >= 11 is 0. The molecule has 0 saturated carbocycles. The van der Waals surface area contributed by atoms with Crippen LogP contribution >= 0.6 is 7.82 Å². The molecular weight excluding hydrogens is 297 g/mol. The lowest BCUT2D eigenvalue weighted by Gasteiger charge is -2.07. The van der Waals surface area contributed by atoms with Gasteiger partial charge in [-0.2, -0.15) is 0 Å². The van der Waals surface area contributed by atoms with Crippen molar-refractivity contribution in [2.75, 3.05) is 52.9 Å². The first kappa shape index (κ1) is 19.3. The third-order valence-corrected chi connectivity index (χ3v) is 2.22. The van der Waals surface area contributed by atoms with Crippen molar-refractivity contribution < 1.29 is 42.6 Å². The minimum atomic E-state index is -4.42. The average molecular weight is 317 g/mol. The number of carbonyl (C=O) groups excluding carboxylic acids is 1. The van der Waals surface area contributed by atoms with Crippen molar-refractivity contribution in [2.45, 2.75) is 0 Å². The molecule has 0 unspecified atom stereocenters. The van der Waals surface area contributed by atoms with E-state index in [0.717, 1.165) is 0 Å². The van der Waals surface area contributed by atoms with Crippen LogP contribution in [0.1, 0.15) is 0 Å². The first-order valence-electron chi connectivity index (χ1n) is 5.77. The van der Waals surface area contributed by atoms with Gasteiger partial charge in [-0.3, -0.25) is 4.52 Å². The molecular formula is C9H20NO9P. The van der Waals surface area contributed by atoms with E-state index >= 15 is 0 Å². The lowest BCUT2D eigenvalue weighted by Crippen LogP contribution is -2.17. The molecule has 0 rings (SSSR count). The number of primary amides is 1. The summed E-state index contributed by atoms with van der Waals surface area (Å²) in [7, 11) is -4.42. The quantitative estimate of drug-likeness (QED) is 0.294. The van der Waals surface area contributed by atoms with Gasteiger partial charge in [0.1, 0.15) is 6.61 Å². The minimum absolute atomic E-state index is 0.0649. The van der Waals surface area contributed by atoms with E-state index in [9.17, 15) is 9.36 Å². The molecule has 10 nitrogen and oxygen atoms in total. The summed E-state index contributed by atoms with van der Waals surface area (Å²) in [6.45, 7) is 1.48. The van der Waals surface area contributed by atoms with Crippen molar-refractivity contribution in [1.82, 2.24) is 0 Å². The number of phosphoric acid groups is 1. The topological polar surface area (TPSA) is 147 Å². The van der Waals surface area contributed by atoms with Gasteiger partial charge >= 0.3 is 13.9 Å². The van der Waals surface area contributed by atoms with Gasteiger partial charge in [0.2, 0.25) is 0 Å². The van der Waals surface area contributed by atoms with Gasteiger partial charge in [-0.15, -0.1) is 0 Å². The Labute approximate surface area is 116 Å². The number of hydrogen-bond acceptors (Lipinski definition) is 7. The van der Waals surface area contributed by atoms with Gasteiger partial charge < -0.3 is 34.5 Å². The highest BCUT2D eigenvalue weighted by atomic mass is 31.2. The SMILES string of the molecule is NC(=O)OCCOCCOCCOCCOP(=O)(O)O. The number of rotatable bonds is 13. The molecule has 0 atom stereocenters. The van der Waals surface area contributed by atoms with E-state index < -0.39 is 13.9 Å². The number of nitrogens with two attached hydrogens (primary N) is 1. The summed E-state index contributed by atoms with van der Waals surface area (Å²) in [5.74, 6) is 0. The van der Waals surface area contributed by atoms with E-state index in [2.05, 4.69) is 9.26 Å². The van der Waals surface area contributed by atoms with Gasteiger partial charge in [0.15, 0.2) is 0 Å². The molecule has 20 heavy (non-hydrogen) atoms. The van der Waals surface area contributed by atoms with E-state index in [1.807, 2.05) is 0 Å². The second-order valence-corrected chi connectivity index (χ2v) is 4.57. The van der Waals surface area contributed by atoms with E-state index in [4.69, 9.17) is 29.7 Å². The van der Waals surface area contributed by atoms with Crippen LogP contribution in [0, 0.1) is 0 Å². The van der Waals surface area contributed by atoms with Gasteiger partial charge in [0.05, 0.1) is 46.2 Å². The fraction of sp³-hybridized carbons (Fsp3) is 0.889. The van der Waals surface area contributed by atoms with Crippen LogP contribution < -0.4 is 5.73 Å². The monoisotopic (exact) mass is 317 g/mol. The lowest BCUT2D eigenvalue weighted by atomic mass is 10.7. The Balaban J connectivity index is 3.06. The summed E-state index contributed by atoms with van der Waals surface area (Å²) in [6, 6.07) is 0. The van der Waals surface area contributed by atoms with Crippen LogP contribution in [0.4, 0.5) is 4.79 Å². The molecule has 11 heteroatoms. The predicted molar refractivity (Wildman–Crippen MR) is 66.0 cm³/mol. The molecule has 0 aliphatic rings. The highest BCUT2D eigenvalue weighted by Gasteiger charge is 2.12. The number of ether oxygens (including phenoxy) is 4. The van der Waals surface area contributed by atoms with Crippen LogP contribution in [0.15, 0.2) is 0 Å².